The lowest BCUT2D eigenvalue weighted by atomic mass is 9.97. The van der Waals surface area contributed by atoms with E-state index in [1.165, 1.54) is 0 Å². The predicted molar refractivity (Wildman–Crippen MR) is 165 cm³/mol. The lowest BCUT2D eigenvalue weighted by Crippen LogP contribution is -2.59. The minimum absolute atomic E-state index is 0.131. The van der Waals surface area contributed by atoms with Crippen LogP contribution in [-0.2, 0) is 27.1 Å². The molecule has 5 aliphatic heterocycles. The van der Waals surface area contributed by atoms with Gasteiger partial charge in [0.15, 0.2) is 0 Å². The summed E-state index contributed by atoms with van der Waals surface area (Å²) in [6.45, 7) is 5.55. The quantitative estimate of drug-likeness (QED) is 0.447. The van der Waals surface area contributed by atoms with Crippen LogP contribution in [0.2, 0.25) is 0 Å². The maximum absolute atomic E-state index is 13.1. The fourth-order valence-electron chi connectivity index (χ4n) is 7.13. The van der Waals surface area contributed by atoms with Gasteiger partial charge >= 0.3 is 0 Å². The Labute approximate surface area is 260 Å². The molecule has 7 rings (SSSR count). The van der Waals surface area contributed by atoms with Crippen LogP contribution >= 0.6 is 0 Å². The Morgan fingerprint density at radius 1 is 0.909 bits per heavy atom. The van der Waals surface area contributed by atoms with E-state index in [4.69, 9.17) is 10.5 Å². The van der Waals surface area contributed by atoms with Crippen LogP contribution in [-0.4, -0.2) is 99.5 Å². The van der Waals surface area contributed by atoms with Gasteiger partial charge in [-0.2, -0.15) is 0 Å². The largest absolute Gasteiger partial charge is 0.488 e. The number of hydrogen-bond donors (Lipinski definition) is 2. The zero-order valence-electron chi connectivity index (χ0n) is 24.9. The number of benzene rings is 2. The Kier molecular flexibility index (Phi) is 8.17. The van der Waals surface area contributed by atoms with Crippen LogP contribution in [0.15, 0.2) is 47.4 Å². The monoisotopic (exact) mass is 620 g/mol. The van der Waals surface area contributed by atoms with E-state index < -0.39 is 17.0 Å². The third kappa shape index (κ3) is 5.88. The highest BCUT2D eigenvalue weighted by Crippen LogP contribution is 2.33. The van der Waals surface area contributed by atoms with Gasteiger partial charge in [0.05, 0.1) is 4.90 Å². The Bertz CT molecular complexity index is 1460. The summed E-state index contributed by atoms with van der Waals surface area (Å²) >= 11 is 0. The molecular weight excluding hydrogens is 580 g/mol. The van der Waals surface area contributed by atoms with Crippen molar-refractivity contribution in [3.63, 3.8) is 0 Å². The van der Waals surface area contributed by atoms with E-state index in [1.54, 1.807) is 4.90 Å². The molecule has 2 unspecified atom stereocenters. The van der Waals surface area contributed by atoms with Gasteiger partial charge in [-0.05, 0) is 74.1 Å². The molecule has 3 amide bonds. The summed E-state index contributed by atoms with van der Waals surface area (Å²) in [5.74, 6) is -0.0232. The third-order valence-electron chi connectivity index (χ3n) is 9.77. The second-order valence-corrected chi connectivity index (χ2v) is 14.1. The van der Waals surface area contributed by atoms with Crippen LogP contribution in [0.1, 0.15) is 54.4 Å². The molecule has 234 valence electrons. The number of piperidine rings is 3. The molecule has 0 saturated carbocycles. The zero-order chi connectivity index (χ0) is 30.4. The molecular formula is C32H40N6O5S. The van der Waals surface area contributed by atoms with Crippen molar-refractivity contribution >= 4 is 34.4 Å². The maximum Gasteiger partial charge on any atom is 0.255 e. The molecule has 0 radical (unpaired) electrons. The predicted octanol–water partition coefficient (Wildman–Crippen LogP) is 1.63. The number of ether oxygens (including phenoxy) is 1. The molecule has 0 aliphatic carbocycles. The van der Waals surface area contributed by atoms with Crippen molar-refractivity contribution in [3.8, 4) is 5.75 Å². The van der Waals surface area contributed by atoms with E-state index in [0.717, 1.165) is 86.8 Å². The van der Waals surface area contributed by atoms with Crippen molar-refractivity contribution in [2.24, 2.45) is 5.73 Å². The Hall–Kier alpha value is -3.32. The van der Waals surface area contributed by atoms with Crippen molar-refractivity contribution < 1.29 is 23.3 Å². The average molecular weight is 621 g/mol. The summed E-state index contributed by atoms with van der Waals surface area (Å²) in [7, 11) is -1.20. The van der Waals surface area contributed by atoms with Gasteiger partial charge in [-0.15, -0.1) is 0 Å². The van der Waals surface area contributed by atoms with Crippen molar-refractivity contribution in [3.05, 3.63) is 53.6 Å². The first-order chi connectivity index (χ1) is 21.3. The molecule has 2 aromatic carbocycles. The molecule has 0 aromatic heterocycles. The van der Waals surface area contributed by atoms with Crippen molar-refractivity contribution in [1.29, 1.82) is 0 Å². The number of carbonyl (C=O) groups is 3. The molecule has 4 fully saturated rings. The topological polar surface area (TPSA) is 129 Å². The molecule has 5 heterocycles. The summed E-state index contributed by atoms with van der Waals surface area (Å²) in [6, 6.07) is 13.8. The van der Waals surface area contributed by atoms with Crippen molar-refractivity contribution in [2.75, 3.05) is 44.2 Å². The number of anilines is 1. The Morgan fingerprint density at radius 3 is 2.43 bits per heavy atom. The van der Waals surface area contributed by atoms with E-state index in [-0.39, 0.29) is 36.3 Å². The molecule has 5 aliphatic rings. The number of carbonyl (C=O) groups excluding carboxylic acids is 3. The minimum atomic E-state index is -1.20. The smallest absolute Gasteiger partial charge is 0.255 e. The van der Waals surface area contributed by atoms with Gasteiger partial charge in [0.2, 0.25) is 11.8 Å². The third-order valence-corrected chi connectivity index (χ3v) is 11.3. The number of nitrogens with two attached hydrogens (primary N) is 1. The summed E-state index contributed by atoms with van der Waals surface area (Å²) in [6.07, 6.45) is 4.61. The van der Waals surface area contributed by atoms with Crippen LogP contribution in [0.25, 0.3) is 0 Å². The van der Waals surface area contributed by atoms with Crippen LogP contribution < -0.4 is 20.7 Å². The van der Waals surface area contributed by atoms with Gasteiger partial charge in [-0.3, -0.25) is 24.6 Å². The Morgan fingerprint density at radius 2 is 1.68 bits per heavy atom. The molecule has 4 saturated heterocycles. The van der Waals surface area contributed by atoms with E-state index in [1.807, 2.05) is 40.7 Å². The van der Waals surface area contributed by atoms with E-state index in [0.29, 0.717) is 24.6 Å². The number of fused-ring (bicyclic) bond motifs is 1. The highest BCUT2D eigenvalue weighted by Gasteiger charge is 2.40. The standard InChI is InChI=1S/C32H40N6O5S/c33-22-8-14-37(15-9-22)44(42)27-3-1-2-25(17-27)43-26-19-36(20-26)23-10-12-35(13-11-23)24-4-5-28-21(16-24)18-38(32(28)41)29-6-7-30(39)34-31(29)40/h1-5,16-17,22-23,26,29H,6-15,18-20,33H2,(H,34,39,40). The van der Waals surface area contributed by atoms with E-state index in [9.17, 15) is 18.6 Å². The first-order valence-corrected chi connectivity index (χ1v) is 16.9. The van der Waals surface area contributed by atoms with Gasteiger partial charge in [-0.1, -0.05) is 6.07 Å². The molecule has 44 heavy (non-hydrogen) atoms. The summed E-state index contributed by atoms with van der Waals surface area (Å²) in [4.78, 5) is 44.2. The van der Waals surface area contributed by atoms with Crippen molar-refractivity contribution in [2.45, 2.75) is 74.2 Å². The first kappa shape index (κ1) is 29.4. The van der Waals surface area contributed by atoms with Crippen LogP contribution in [0.3, 0.4) is 0 Å². The summed E-state index contributed by atoms with van der Waals surface area (Å²) in [5.41, 5.74) is 8.70. The number of imide groups is 1. The van der Waals surface area contributed by atoms with E-state index in [2.05, 4.69) is 21.2 Å². The number of nitrogens with one attached hydrogen (secondary N) is 1. The number of rotatable bonds is 7. The van der Waals surface area contributed by atoms with E-state index >= 15 is 0 Å². The fourth-order valence-corrected chi connectivity index (χ4v) is 8.38. The van der Waals surface area contributed by atoms with Gasteiger partial charge in [0, 0.05) is 75.6 Å². The lowest BCUT2D eigenvalue weighted by molar-refractivity contribution is -0.136. The summed E-state index contributed by atoms with van der Waals surface area (Å²) < 4.78 is 21.3. The molecule has 12 heteroatoms. The molecule has 3 N–H and O–H groups in total. The maximum atomic E-state index is 13.1. The highest BCUT2D eigenvalue weighted by molar-refractivity contribution is 7.82. The molecule has 2 aromatic rings. The minimum Gasteiger partial charge on any atom is -0.488 e. The second-order valence-electron chi connectivity index (χ2n) is 12.6. The first-order valence-electron chi connectivity index (χ1n) is 15.8. The van der Waals surface area contributed by atoms with Crippen LogP contribution in [0.5, 0.6) is 5.75 Å². The number of amides is 3. The molecule has 11 nitrogen and oxygen atoms in total. The average Bonchev–Trinajstić information content (AvgIpc) is 3.34. The SMILES string of the molecule is NC1CCN(S(=O)c2cccc(OC3CN(C4CCN(c5ccc6c(c5)CN(C5CCC(=O)NC5=O)C6=O)CC4)C3)c2)CC1. The highest BCUT2D eigenvalue weighted by atomic mass is 32.2. The fraction of sp³-hybridized carbons (Fsp3) is 0.531. The molecule has 2 atom stereocenters. The lowest BCUT2D eigenvalue weighted by Gasteiger charge is -2.47. The van der Waals surface area contributed by atoms with Gasteiger partial charge in [-0.25, -0.2) is 8.51 Å². The second kappa shape index (κ2) is 12.2. The van der Waals surface area contributed by atoms with Gasteiger partial charge in [0.25, 0.3) is 5.91 Å². The van der Waals surface area contributed by atoms with Crippen molar-refractivity contribution in [1.82, 2.24) is 19.4 Å². The van der Waals surface area contributed by atoms with Gasteiger partial charge in [0.1, 0.15) is 28.9 Å². The van der Waals surface area contributed by atoms with Crippen LogP contribution in [0.4, 0.5) is 5.69 Å². The normalized spacial score (nSPS) is 25.1. The number of likely N-dealkylation sites (tertiary alicyclic amines) is 1. The Balaban J connectivity index is 0.886. The molecule has 0 spiro atoms. The van der Waals surface area contributed by atoms with Crippen LogP contribution in [0, 0.1) is 0 Å². The number of nitrogens with zero attached hydrogens (tertiary/aromatic N) is 4. The zero-order valence-corrected chi connectivity index (χ0v) is 25.7. The number of hydrogen-bond acceptors (Lipinski definition) is 8. The van der Waals surface area contributed by atoms with Gasteiger partial charge < -0.3 is 20.3 Å². The molecule has 0 bridgehead atoms. The summed E-state index contributed by atoms with van der Waals surface area (Å²) in [5, 5.41) is 2.36.